The Morgan fingerprint density at radius 2 is 2.26 bits per heavy atom. The Bertz CT molecular complexity index is 706. The highest BCUT2D eigenvalue weighted by molar-refractivity contribution is 6.30. The van der Waals surface area contributed by atoms with Crippen LogP contribution in [0.1, 0.15) is 30.3 Å². The van der Waals surface area contributed by atoms with Crippen LogP contribution in [0.2, 0.25) is 5.02 Å². The Morgan fingerprint density at radius 3 is 3.04 bits per heavy atom. The highest BCUT2D eigenvalue weighted by Crippen LogP contribution is 2.20. The summed E-state index contributed by atoms with van der Waals surface area (Å²) < 4.78 is 0. The number of rotatable bonds is 3. The van der Waals surface area contributed by atoms with E-state index < -0.39 is 0 Å². The van der Waals surface area contributed by atoms with Gasteiger partial charge in [-0.1, -0.05) is 24.6 Å². The van der Waals surface area contributed by atoms with E-state index in [4.69, 9.17) is 11.6 Å². The molecule has 1 atom stereocenters. The number of carbonyl (C=O) groups excluding carboxylic acids is 1. The third kappa shape index (κ3) is 3.99. The average Bonchev–Trinajstić information content (AvgIpc) is 2.54. The second-order valence-electron chi connectivity index (χ2n) is 5.90. The van der Waals surface area contributed by atoms with Gasteiger partial charge >= 0.3 is 0 Å². The lowest BCUT2D eigenvalue weighted by atomic mass is 10.00. The molecule has 0 aliphatic carbocycles. The van der Waals surface area contributed by atoms with Crippen LogP contribution < -0.4 is 5.32 Å². The average molecular weight is 331 g/mol. The van der Waals surface area contributed by atoms with Crippen molar-refractivity contribution in [2.75, 3.05) is 18.4 Å². The quantitative estimate of drug-likeness (QED) is 0.931. The first kappa shape index (κ1) is 15.7. The molecule has 120 valence electrons. The molecule has 23 heavy (non-hydrogen) atoms. The lowest BCUT2D eigenvalue weighted by Gasteiger charge is -2.30. The summed E-state index contributed by atoms with van der Waals surface area (Å²) in [5, 5.41) is 3.70. The maximum absolute atomic E-state index is 12.6. The van der Waals surface area contributed by atoms with Crippen molar-refractivity contribution in [3.05, 3.63) is 47.2 Å². The Balaban J connectivity index is 1.75. The van der Waals surface area contributed by atoms with Gasteiger partial charge in [-0.15, -0.1) is 0 Å². The highest BCUT2D eigenvalue weighted by Gasteiger charge is 2.23. The van der Waals surface area contributed by atoms with Gasteiger partial charge in [-0.2, -0.15) is 0 Å². The van der Waals surface area contributed by atoms with Crippen LogP contribution in [0.25, 0.3) is 0 Å². The Kier molecular flexibility index (Phi) is 4.76. The van der Waals surface area contributed by atoms with Crippen molar-refractivity contribution in [3.8, 4) is 0 Å². The molecule has 2 heterocycles. The second kappa shape index (κ2) is 6.96. The van der Waals surface area contributed by atoms with Crippen LogP contribution in [0.15, 0.2) is 36.5 Å². The number of halogens is 1. The van der Waals surface area contributed by atoms with Gasteiger partial charge in [-0.3, -0.25) is 4.79 Å². The van der Waals surface area contributed by atoms with Gasteiger partial charge < -0.3 is 10.2 Å². The van der Waals surface area contributed by atoms with Crippen LogP contribution in [-0.2, 0) is 0 Å². The van der Waals surface area contributed by atoms with E-state index in [-0.39, 0.29) is 5.91 Å². The smallest absolute Gasteiger partial charge is 0.272 e. The molecule has 1 amide bonds. The number of hydrogen-bond donors (Lipinski definition) is 1. The molecular formula is C17H19ClN4O. The molecule has 1 aliphatic heterocycles. The van der Waals surface area contributed by atoms with Crippen molar-refractivity contribution in [3.63, 3.8) is 0 Å². The molecule has 0 spiro atoms. The number of amides is 1. The van der Waals surface area contributed by atoms with Crippen LogP contribution in [0, 0.1) is 5.92 Å². The summed E-state index contributed by atoms with van der Waals surface area (Å²) in [6.07, 6.45) is 3.82. The largest absolute Gasteiger partial charge is 0.337 e. The predicted octanol–water partition coefficient (Wildman–Crippen LogP) is 3.75. The lowest BCUT2D eigenvalue weighted by Crippen LogP contribution is -2.39. The molecule has 1 fully saturated rings. The number of aromatic nitrogens is 2. The third-order valence-corrected chi connectivity index (χ3v) is 4.13. The number of anilines is 2. The first-order chi connectivity index (χ1) is 11.1. The van der Waals surface area contributed by atoms with Crippen LogP contribution in [0.5, 0.6) is 0 Å². The molecule has 2 aromatic rings. The van der Waals surface area contributed by atoms with E-state index in [9.17, 15) is 4.79 Å². The molecular weight excluding hydrogens is 312 g/mol. The van der Waals surface area contributed by atoms with Crippen molar-refractivity contribution in [2.45, 2.75) is 19.8 Å². The predicted molar refractivity (Wildman–Crippen MR) is 91.1 cm³/mol. The third-order valence-electron chi connectivity index (χ3n) is 3.90. The van der Waals surface area contributed by atoms with E-state index in [2.05, 4.69) is 22.2 Å². The van der Waals surface area contributed by atoms with Gasteiger partial charge in [0.15, 0.2) is 0 Å². The molecule has 1 aliphatic rings. The van der Waals surface area contributed by atoms with Crippen molar-refractivity contribution in [1.29, 1.82) is 0 Å². The van der Waals surface area contributed by atoms with Crippen molar-refractivity contribution >= 4 is 29.1 Å². The first-order valence-electron chi connectivity index (χ1n) is 7.77. The minimum Gasteiger partial charge on any atom is -0.337 e. The van der Waals surface area contributed by atoms with Gasteiger partial charge in [0.1, 0.15) is 5.69 Å². The van der Waals surface area contributed by atoms with E-state index in [1.165, 1.54) is 6.42 Å². The van der Waals surface area contributed by atoms with Gasteiger partial charge in [0.05, 0.1) is 0 Å². The summed E-state index contributed by atoms with van der Waals surface area (Å²) in [6.45, 7) is 3.76. The first-order valence-corrected chi connectivity index (χ1v) is 8.14. The normalized spacial score (nSPS) is 17.8. The topological polar surface area (TPSA) is 58.1 Å². The molecule has 5 nitrogen and oxygen atoms in total. The fraction of sp³-hybridized carbons (Fsp3) is 0.353. The molecule has 1 N–H and O–H groups in total. The minimum atomic E-state index is -0.0342. The molecule has 0 saturated carbocycles. The maximum Gasteiger partial charge on any atom is 0.272 e. The van der Waals surface area contributed by atoms with Crippen molar-refractivity contribution in [1.82, 2.24) is 14.9 Å². The maximum atomic E-state index is 12.6. The molecule has 1 saturated heterocycles. The lowest BCUT2D eigenvalue weighted by molar-refractivity contribution is 0.0677. The zero-order valence-electron chi connectivity index (χ0n) is 13.0. The molecule has 1 unspecified atom stereocenters. The number of hydrogen-bond acceptors (Lipinski definition) is 4. The van der Waals surface area contributed by atoms with E-state index >= 15 is 0 Å². The summed E-state index contributed by atoms with van der Waals surface area (Å²) in [4.78, 5) is 23.0. The Morgan fingerprint density at radius 1 is 1.39 bits per heavy atom. The molecule has 3 rings (SSSR count). The number of piperidine rings is 1. The second-order valence-corrected chi connectivity index (χ2v) is 6.34. The Labute approximate surface area is 140 Å². The highest BCUT2D eigenvalue weighted by atomic mass is 35.5. The number of nitrogens with zero attached hydrogens (tertiary/aromatic N) is 3. The summed E-state index contributed by atoms with van der Waals surface area (Å²) in [5.74, 6) is 0.898. The van der Waals surface area contributed by atoms with Crippen LogP contribution in [0.3, 0.4) is 0 Å². The Hall–Kier alpha value is -2.14. The van der Waals surface area contributed by atoms with Gasteiger partial charge in [-0.25, -0.2) is 9.97 Å². The van der Waals surface area contributed by atoms with Crippen LogP contribution >= 0.6 is 11.6 Å². The number of likely N-dealkylation sites (tertiary alicyclic amines) is 1. The monoisotopic (exact) mass is 330 g/mol. The van der Waals surface area contributed by atoms with Gasteiger partial charge in [-0.05, 0) is 43.0 Å². The molecule has 1 aromatic carbocycles. The van der Waals surface area contributed by atoms with E-state index in [1.54, 1.807) is 24.4 Å². The van der Waals surface area contributed by atoms with E-state index in [0.29, 0.717) is 22.6 Å². The summed E-state index contributed by atoms with van der Waals surface area (Å²) in [7, 11) is 0. The van der Waals surface area contributed by atoms with Crippen molar-refractivity contribution < 1.29 is 4.79 Å². The fourth-order valence-electron chi connectivity index (χ4n) is 2.77. The summed E-state index contributed by atoms with van der Waals surface area (Å²) >= 11 is 5.97. The SMILES string of the molecule is CC1CCCN(C(=O)c2ccnc(Nc3cccc(Cl)c3)n2)C1. The summed E-state index contributed by atoms with van der Waals surface area (Å²) in [6, 6.07) is 8.95. The zero-order valence-corrected chi connectivity index (χ0v) is 13.8. The van der Waals surface area contributed by atoms with Gasteiger partial charge in [0, 0.05) is 30.0 Å². The number of benzene rings is 1. The van der Waals surface area contributed by atoms with E-state index in [1.807, 2.05) is 17.0 Å². The van der Waals surface area contributed by atoms with Gasteiger partial charge in [0.25, 0.3) is 5.91 Å². The van der Waals surface area contributed by atoms with E-state index in [0.717, 1.165) is 25.2 Å². The van der Waals surface area contributed by atoms with Crippen LogP contribution in [-0.4, -0.2) is 33.9 Å². The number of nitrogens with one attached hydrogen (secondary N) is 1. The van der Waals surface area contributed by atoms with Crippen molar-refractivity contribution in [2.24, 2.45) is 5.92 Å². The molecule has 6 heteroatoms. The van der Waals surface area contributed by atoms with Crippen LogP contribution in [0.4, 0.5) is 11.6 Å². The fourth-order valence-corrected chi connectivity index (χ4v) is 2.96. The zero-order chi connectivity index (χ0) is 16.2. The molecule has 1 aromatic heterocycles. The number of carbonyl (C=O) groups is 1. The molecule has 0 bridgehead atoms. The standard InChI is InChI=1S/C17H19ClN4O/c1-12-4-3-9-22(11-12)16(23)15-7-8-19-17(21-15)20-14-6-2-5-13(18)10-14/h2,5-8,10,12H,3-4,9,11H2,1H3,(H,19,20,21). The summed E-state index contributed by atoms with van der Waals surface area (Å²) in [5.41, 5.74) is 1.20. The molecule has 0 radical (unpaired) electrons. The minimum absolute atomic E-state index is 0.0342. The van der Waals surface area contributed by atoms with Gasteiger partial charge in [0.2, 0.25) is 5.95 Å².